The first-order valence-corrected chi connectivity index (χ1v) is 7.35. The van der Waals surface area contributed by atoms with Crippen LogP contribution >= 0.6 is 0 Å². The summed E-state index contributed by atoms with van der Waals surface area (Å²) in [4.78, 5) is 11.0. The van der Waals surface area contributed by atoms with E-state index in [0.717, 1.165) is 17.0 Å². The highest BCUT2D eigenvalue weighted by Crippen LogP contribution is 2.20. The lowest BCUT2D eigenvalue weighted by atomic mass is 10.1. The van der Waals surface area contributed by atoms with E-state index < -0.39 is 0 Å². The first-order chi connectivity index (χ1) is 10.6. The fourth-order valence-electron chi connectivity index (χ4n) is 2.39. The molecule has 1 unspecified atom stereocenters. The Kier molecular flexibility index (Phi) is 3.92. The SMILES string of the molecule is Cc1ccc(C)c(NC2N=C(c3cccnc3)C=CN2C)c1. The number of nitrogens with zero attached hydrogens (tertiary/aromatic N) is 3. The van der Waals surface area contributed by atoms with Crippen molar-refractivity contribution in [2.24, 2.45) is 4.99 Å². The zero-order chi connectivity index (χ0) is 15.5. The van der Waals surface area contributed by atoms with Crippen molar-refractivity contribution in [2.45, 2.75) is 20.1 Å². The number of aliphatic imine (C=N–C) groups is 1. The molecule has 0 spiro atoms. The number of aromatic nitrogens is 1. The molecule has 1 N–H and O–H groups in total. The molecule has 0 radical (unpaired) electrons. The van der Waals surface area contributed by atoms with Crippen molar-refractivity contribution in [2.75, 3.05) is 12.4 Å². The molecule has 0 fully saturated rings. The minimum atomic E-state index is -0.124. The van der Waals surface area contributed by atoms with Crippen LogP contribution in [0.1, 0.15) is 16.7 Å². The fourth-order valence-corrected chi connectivity index (χ4v) is 2.39. The average Bonchev–Trinajstić information content (AvgIpc) is 2.54. The van der Waals surface area contributed by atoms with Gasteiger partial charge in [0.15, 0.2) is 6.29 Å². The van der Waals surface area contributed by atoms with Gasteiger partial charge in [0, 0.05) is 36.9 Å². The Labute approximate surface area is 131 Å². The molecule has 0 saturated carbocycles. The summed E-state index contributed by atoms with van der Waals surface area (Å²) in [5.74, 6) is 0. The predicted molar refractivity (Wildman–Crippen MR) is 91.0 cm³/mol. The largest absolute Gasteiger partial charge is 0.347 e. The van der Waals surface area contributed by atoms with Crippen molar-refractivity contribution < 1.29 is 0 Å². The van der Waals surface area contributed by atoms with Crippen LogP contribution in [0, 0.1) is 13.8 Å². The first kappa shape index (κ1) is 14.3. The number of allylic oxidation sites excluding steroid dienone is 1. The van der Waals surface area contributed by atoms with E-state index in [4.69, 9.17) is 4.99 Å². The van der Waals surface area contributed by atoms with Gasteiger partial charge in [0.2, 0.25) is 0 Å². The maximum atomic E-state index is 4.80. The first-order valence-electron chi connectivity index (χ1n) is 7.35. The van der Waals surface area contributed by atoms with E-state index in [-0.39, 0.29) is 6.29 Å². The fraction of sp³-hybridized carbons (Fsp3) is 0.222. The van der Waals surface area contributed by atoms with E-state index >= 15 is 0 Å². The number of benzene rings is 1. The minimum Gasteiger partial charge on any atom is -0.347 e. The van der Waals surface area contributed by atoms with Crippen LogP contribution in [0.25, 0.3) is 0 Å². The molecule has 0 bridgehead atoms. The van der Waals surface area contributed by atoms with E-state index in [0.29, 0.717) is 0 Å². The van der Waals surface area contributed by atoms with Gasteiger partial charge >= 0.3 is 0 Å². The van der Waals surface area contributed by atoms with Crippen LogP contribution in [-0.2, 0) is 0 Å². The van der Waals surface area contributed by atoms with Gasteiger partial charge in [-0.15, -0.1) is 0 Å². The number of anilines is 1. The molecule has 0 saturated heterocycles. The van der Waals surface area contributed by atoms with Crippen molar-refractivity contribution in [3.63, 3.8) is 0 Å². The summed E-state index contributed by atoms with van der Waals surface area (Å²) in [5.41, 5.74) is 5.53. The summed E-state index contributed by atoms with van der Waals surface area (Å²) in [6, 6.07) is 10.4. The molecule has 1 aromatic carbocycles. The lowest BCUT2D eigenvalue weighted by Crippen LogP contribution is -2.36. The van der Waals surface area contributed by atoms with Crippen LogP contribution < -0.4 is 5.32 Å². The molecule has 1 aliphatic heterocycles. The molecule has 3 rings (SSSR count). The van der Waals surface area contributed by atoms with Gasteiger partial charge in [-0.05, 0) is 49.2 Å². The molecule has 2 heterocycles. The standard InChI is InChI=1S/C18H20N4/c1-13-6-7-14(2)17(11-13)21-18-20-16(8-10-22(18)3)15-5-4-9-19-12-15/h4-12,18,21H,1-3H3. The predicted octanol–water partition coefficient (Wildman–Crippen LogP) is 3.34. The Morgan fingerprint density at radius 3 is 2.82 bits per heavy atom. The lowest BCUT2D eigenvalue weighted by molar-refractivity contribution is 0.368. The molecular weight excluding hydrogens is 272 g/mol. The normalized spacial score (nSPS) is 17.3. The third kappa shape index (κ3) is 3.01. The van der Waals surface area contributed by atoms with Gasteiger partial charge in [-0.25, -0.2) is 4.99 Å². The van der Waals surface area contributed by atoms with Crippen molar-refractivity contribution in [3.05, 3.63) is 71.7 Å². The Hall–Kier alpha value is -2.62. The van der Waals surface area contributed by atoms with Crippen LogP contribution in [0.5, 0.6) is 0 Å². The third-order valence-corrected chi connectivity index (χ3v) is 3.75. The average molecular weight is 292 g/mol. The highest BCUT2D eigenvalue weighted by atomic mass is 15.3. The highest BCUT2D eigenvalue weighted by molar-refractivity contribution is 6.08. The molecule has 1 aliphatic rings. The highest BCUT2D eigenvalue weighted by Gasteiger charge is 2.16. The van der Waals surface area contributed by atoms with Gasteiger partial charge in [-0.2, -0.15) is 0 Å². The monoisotopic (exact) mass is 292 g/mol. The third-order valence-electron chi connectivity index (χ3n) is 3.75. The summed E-state index contributed by atoms with van der Waals surface area (Å²) < 4.78 is 0. The van der Waals surface area contributed by atoms with Crippen molar-refractivity contribution in [1.82, 2.24) is 9.88 Å². The molecule has 1 aromatic heterocycles. The van der Waals surface area contributed by atoms with E-state index in [9.17, 15) is 0 Å². The number of aryl methyl sites for hydroxylation is 2. The molecule has 0 aliphatic carbocycles. The van der Waals surface area contributed by atoms with E-state index in [2.05, 4.69) is 47.2 Å². The molecule has 22 heavy (non-hydrogen) atoms. The van der Waals surface area contributed by atoms with Crippen molar-refractivity contribution in [3.8, 4) is 0 Å². The molecule has 112 valence electrons. The summed E-state index contributed by atoms with van der Waals surface area (Å²) in [6.07, 6.45) is 7.54. The zero-order valence-corrected chi connectivity index (χ0v) is 13.1. The Morgan fingerprint density at radius 2 is 2.05 bits per heavy atom. The second kappa shape index (κ2) is 6.02. The number of rotatable bonds is 3. The summed E-state index contributed by atoms with van der Waals surface area (Å²) in [7, 11) is 2.02. The zero-order valence-electron chi connectivity index (χ0n) is 13.1. The van der Waals surface area contributed by atoms with E-state index in [1.165, 1.54) is 11.1 Å². The molecule has 0 amide bonds. The van der Waals surface area contributed by atoms with E-state index in [1.54, 1.807) is 6.20 Å². The Morgan fingerprint density at radius 1 is 1.18 bits per heavy atom. The van der Waals surface area contributed by atoms with Gasteiger partial charge in [-0.1, -0.05) is 12.1 Å². The Bertz CT molecular complexity index is 719. The maximum Gasteiger partial charge on any atom is 0.196 e. The summed E-state index contributed by atoms with van der Waals surface area (Å²) >= 11 is 0. The van der Waals surface area contributed by atoms with Crippen LogP contribution in [0.2, 0.25) is 0 Å². The van der Waals surface area contributed by atoms with Gasteiger partial charge in [-0.3, -0.25) is 4.98 Å². The molecule has 1 atom stereocenters. The van der Waals surface area contributed by atoms with Crippen LogP contribution in [-0.4, -0.2) is 28.9 Å². The summed E-state index contributed by atoms with van der Waals surface area (Å²) in [6.45, 7) is 4.20. The van der Waals surface area contributed by atoms with Gasteiger partial charge in [0.1, 0.15) is 0 Å². The smallest absolute Gasteiger partial charge is 0.196 e. The van der Waals surface area contributed by atoms with Crippen LogP contribution in [0.4, 0.5) is 5.69 Å². The second-order valence-electron chi connectivity index (χ2n) is 5.57. The lowest BCUT2D eigenvalue weighted by Gasteiger charge is -2.29. The van der Waals surface area contributed by atoms with Gasteiger partial charge < -0.3 is 10.2 Å². The van der Waals surface area contributed by atoms with Gasteiger partial charge in [0.25, 0.3) is 0 Å². The van der Waals surface area contributed by atoms with Crippen LogP contribution in [0.3, 0.4) is 0 Å². The maximum absolute atomic E-state index is 4.80. The Balaban J connectivity index is 1.88. The molecule has 4 nitrogen and oxygen atoms in total. The van der Waals surface area contributed by atoms with Crippen molar-refractivity contribution in [1.29, 1.82) is 0 Å². The number of hydrogen-bond donors (Lipinski definition) is 1. The van der Waals surface area contributed by atoms with Gasteiger partial charge in [0.05, 0.1) is 5.71 Å². The van der Waals surface area contributed by atoms with Crippen molar-refractivity contribution >= 4 is 11.4 Å². The molecule has 2 aromatic rings. The number of nitrogens with one attached hydrogen (secondary N) is 1. The summed E-state index contributed by atoms with van der Waals surface area (Å²) in [5, 5.41) is 3.51. The quantitative estimate of drug-likeness (QED) is 0.943. The topological polar surface area (TPSA) is 40.5 Å². The van der Waals surface area contributed by atoms with E-state index in [1.807, 2.05) is 37.7 Å². The van der Waals surface area contributed by atoms with Crippen LogP contribution in [0.15, 0.2) is 60.0 Å². The minimum absolute atomic E-state index is 0.124. The molecule has 4 heteroatoms. The molecular formula is C18H20N4. The second-order valence-corrected chi connectivity index (χ2v) is 5.57. The number of hydrogen-bond acceptors (Lipinski definition) is 4. The number of pyridine rings is 1.